The summed E-state index contributed by atoms with van der Waals surface area (Å²) < 4.78 is 0. The van der Waals surface area contributed by atoms with E-state index in [0.29, 0.717) is 23.7 Å². The first-order chi connectivity index (χ1) is 13.6. The summed E-state index contributed by atoms with van der Waals surface area (Å²) in [5, 5.41) is 22.6. The van der Waals surface area contributed by atoms with Crippen molar-refractivity contribution in [2.24, 2.45) is 0 Å². The van der Waals surface area contributed by atoms with Gasteiger partial charge in [0.2, 0.25) is 0 Å². The van der Waals surface area contributed by atoms with Crippen molar-refractivity contribution in [1.29, 1.82) is 0 Å². The summed E-state index contributed by atoms with van der Waals surface area (Å²) in [5.74, 6) is 0.271. The molecule has 3 aromatic rings. The third-order valence-electron chi connectivity index (χ3n) is 4.36. The average Bonchev–Trinajstić information content (AvgIpc) is 3.31. The number of aromatic nitrogens is 3. The number of hydrogen-bond donors (Lipinski definition) is 3. The number of nitrogens with zero attached hydrogens (tertiary/aromatic N) is 4. The molecule has 0 spiro atoms. The number of aliphatic hydroxyl groups is 1. The van der Waals surface area contributed by atoms with Crippen LogP contribution in [0.5, 0.6) is 0 Å². The lowest BCUT2D eigenvalue weighted by atomic mass is 10.2. The van der Waals surface area contributed by atoms with Gasteiger partial charge in [-0.15, -0.1) is 0 Å². The van der Waals surface area contributed by atoms with Gasteiger partial charge >= 0.3 is 5.97 Å². The molecule has 0 aromatic carbocycles. The number of pyridine rings is 2. The summed E-state index contributed by atoms with van der Waals surface area (Å²) in [7, 11) is 0. The molecule has 8 nitrogen and oxygen atoms in total. The molecule has 28 heavy (non-hydrogen) atoms. The Morgan fingerprint density at radius 3 is 2.96 bits per heavy atom. The molecule has 4 rings (SSSR count). The van der Waals surface area contributed by atoms with Crippen LogP contribution in [0.25, 0.3) is 10.6 Å². The molecule has 9 heteroatoms. The van der Waals surface area contributed by atoms with Crippen LogP contribution in [0.2, 0.25) is 0 Å². The molecule has 144 valence electrons. The van der Waals surface area contributed by atoms with E-state index in [4.69, 9.17) is 5.11 Å². The van der Waals surface area contributed by atoms with Gasteiger partial charge in [-0.2, -0.15) is 0 Å². The van der Waals surface area contributed by atoms with E-state index >= 15 is 0 Å². The lowest BCUT2D eigenvalue weighted by molar-refractivity contribution is -0.136. The van der Waals surface area contributed by atoms with Crippen molar-refractivity contribution in [3.63, 3.8) is 0 Å². The maximum Gasteiger partial charge on any atom is 0.307 e. The molecule has 0 bridgehead atoms. The van der Waals surface area contributed by atoms with Crippen molar-refractivity contribution in [3.8, 4) is 10.6 Å². The molecule has 1 fully saturated rings. The predicted molar refractivity (Wildman–Crippen MR) is 107 cm³/mol. The van der Waals surface area contributed by atoms with Crippen molar-refractivity contribution in [2.75, 3.05) is 23.3 Å². The van der Waals surface area contributed by atoms with Crippen LogP contribution in [0.1, 0.15) is 12.0 Å². The Morgan fingerprint density at radius 1 is 1.29 bits per heavy atom. The van der Waals surface area contributed by atoms with Crippen molar-refractivity contribution >= 4 is 34.1 Å². The molecule has 3 N–H and O–H groups in total. The molecule has 1 aliphatic rings. The molecular weight excluding hydrogens is 378 g/mol. The van der Waals surface area contributed by atoms with E-state index in [9.17, 15) is 9.90 Å². The van der Waals surface area contributed by atoms with Gasteiger partial charge in [-0.3, -0.25) is 4.79 Å². The van der Waals surface area contributed by atoms with Gasteiger partial charge in [-0.25, -0.2) is 15.0 Å². The van der Waals surface area contributed by atoms with Crippen LogP contribution in [0, 0.1) is 0 Å². The topological polar surface area (TPSA) is 111 Å². The van der Waals surface area contributed by atoms with E-state index in [0.717, 1.165) is 28.7 Å². The molecular formula is C19H19N5O3S. The second-order valence-corrected chi connectivity index (χ2v) is 7.56. The molecule has 4 heterocycles. The largest absolute Gasteiger partial charge is 0.481 e. The average molecular weight is 397 g/mol. The van der Waals surface area contributed by atoms with Crippen molar-refractivity contribution in [1.82, 2.24) is 15.0 Å². The maximum absolute atomic E-state index is 10.9. The highest BCUT2D eigenvalue weighted by Gasteiger charge is 2.23. The molecule has 0 aliphatic carbocycles. The predicted octanol–water partition coefficient (Wildman–Crippen LogP) is 2.54. The smallest absolute Gasteiger partial charge is 0.307 e. The number of thiazole rings is 1. The van der Waals surface area contributed by atoms with Gasteiger partial charge in [0.15, 0.2) is 5.13 Å². The quantitative estimate of drug-likeness (QED) is 0.582. The van der Waals surface area contributed by atoms with Crippen LogP contribution in [-0.4, -0.2) is 50.3 Å². The van der Waals surface area contributed by atoms with Crippen LogP contribution < -0.4 is 10.2 Å². The van der Waals surface area contributed by atoms with Crippen LogP contribution in [0.4, 0.5) is 16.8 Å². The van der Waals surface area contributed by atoms with E-state index in [1.165, 1.54) is 0 Å². The number of aliphatic hydroxyl groups excluding tert-OH is 1. The molecule has 1 saturated heterocycles. The summed E-state index contributed by atoms with van der Waals surface area (Å²) in [6.07, 6.45) is 3.79. The molecule has 0 unspecified atom stereocenters. The van der Waals surface area contributed by atoms with Crippen LogP contribution in [-0.2, 0) is 11.2 Å². The van der Waals surface area contributed by atoms with Gasteiger partial charge in [0.05, 0.1) is 23.1 Å². The summed E-state index contributed by atoms with van der Waals surface area (Å²) in [6, 6.07) is 9.01. The Labute approximate surface area is 165 Å². The zero-order chi connectivity index (χ0) is 19.5. The second kappa shape index (κ2) is 7.91. The highest BCUT2D eigenvalue weighted by molar-refractivity contribution is 7.18. The standard InChI is InChI=1S/C19H19N5O3S/c25-13-5-7-24(11-13)19-21-10-15(28-19)14-2-1-3-16(22-14)23-17-8-12(4-6-20-17)9-18(26)27/h1-4,6,8,10,13,25H,5,7,9,11H2,(H,26,27)(H,20,22,23)/t13-/m1/s1. The molecule has 0 amide bonds. The van der Waals surface area contributed by atoms with E-state index in [-0.39, 0.29) is 12.5 Å². The van der Waals surface area contributed by atoms with E-state index in [2.05, 4.69) is 25.2 Å². The summed E-state index contributed by atoms with van der Waals surface area (Å²) in [4.78, 5) is 27.2. The lowest BCUT2D eigenvalue weighted by Gasteiger charge is -2.12. The first-order valence-corrected chi connectivity index (χ1v) is 9.68. The minimum atomic E-state index is -0.885. The molecule has 1 aliphatic heterocycles. The second-order valence-electron chi connectivity index (χ2n) is 6.55. The van der Waals surface area contributed by atoms with Crippen LogP contribution in [0.15, 0.2) is 42.7 Å². The van der Waals surface area contributed by atoms with Crippen molar-refractivity contribution in [3.05, 3.63) is 48.3 Å². The van der Waals surface area contributed by atoms with Gasteiger partial charge in [-0.1, -0.05) is 17.4 Å². The summed E-state index contributed by atoms with van der Waals surface area (Å²) in [6.45, 7) is 1.42. The number of hydrogen-bond acceptors (Lipinski definition) is 8. The number of carboxylic acids is 1. The number of β-amino-alcohol motifs (C(OH)–C–C–N with tert-alkyl or cyclic N) is 1. The van der Waals surface area contributed by atoms with E-state index in [1.807, 2.05) is 18.2 Å². The van der Waals surface area contributed by atoms with E-state index in [1.54, 1.807) is 35.9 Å². The number of carboxylic acid groups (broad SMARTS) is 1. The number of carbonyl (C=O) groups is 1. The van der Waals surface area contributed by atoms with Gasteiger partial charge in [0.25, 0.3) is 0 Å². The molecule has 3 aromatic heterocycles. The number of anilines is 3. The third-order valence-corrected chi connectivity index (χ3v) is 5.45. The van der Waals surface area contributed by atoms with Gasteiger partial charge in [0.1, 0.15) is 11.6 Å². The fourth-order valence-corrected chi connectivity index (χ4v) is 3.97. The SMILES string of the molecule is O=C(O)Cc1ccnc(Nc2cccc(-c3cnc(N4CC[C@@H](O)C4)s3)n2)c1. The highest BCUT2D eigenvalue weighted by Crippen LogP contribution is 2.32. The zero-order valence-corrected chi connectivity index (χ0v) is 15.8. The molecule has 0 radical (unpaired) electrons. The first kappa shape index (κ1) is 18.3. The van der Waals surface area contributed by atoms with Crippen molar-refractivity contribution < 1.29 is 15.0 Å². The number of aliphatic carboxylic acids is 1. The number of rotatable bonds is 6. The lowest BCUT2D eigenvalue weighted by Crippen LogP contribution is -2.20. The monoisotopic (exact) mass is 397 g/mol. The Balaban J connectivity index is 1.51. The van der Waals surface area contributed by atoms with Gasteiger partial charge in [0, 0.05) is 25.5 Å². The Bertz CT molecular complexity index is 993. The minimum Gasteiger partial charge on any atom is -0.481 e. The first-order valence-electron chi connectivity index (χ1n) is 8.87. The third kappa shape index (κ3) is 4.26. The van der Waals surface area contributed by atoms with E-state index < -0.39 is 5.97 Å². The fourth-order valence-electron chi connectivity index (χ4n) is 3.05. The van der Waals surface area contributed by atoms with Crippen LogP contribution >= 0.6 is 11.3 Å². The number of nitrogens with one attached hydrogen (secondary N) is 1. The normalized spacial score (nSPS) is 16.3. The Kier molecular flexibility index (Phi) is 5.18. The zero-order valence-electron chi connectivity index (χ0n) is 14.9. The van der Waals surface area contributed by atoms with Gasteiger partial charge in [-0.05, 0) is 36.2 Å². The van der Waals surface area contributed by atoms with Gasteiger partial charge < -0.3 is 20.4 Å². The Morgan fingerprint density at radius 2 is 2.18 bits per heavy atom. The highest BCUT2D eigenvalue weighted by atomic mass is 32.1. The summed E-state index contributed by atoms with van der Waals surface area (Å²) in [5.41, 5.74) is 1.45. The minimum absolute atomic E-state index is 0.0560. The Hall–Kier alpha value is -3.04. The van der Waals surface area contributed by atoms with Crippen LogP contribution in [0.3, 0.4) is 0 Å². The molecule has 0 saturated carbocycles. The molecule has 1 atom stereocenters. The maximum atomic E-state index is 10.9. The fraction of sp³-hybridized carbons (Fsp3) is 0.263. The van der Waals surface area contributed by atoms with Crippen molar-refractivity contribution in [2.45, 2.75) is 18.9 Å². The summed E-state index contributed by atoms with van der Waals surface area (Å²) >= 11 is 1.54.